The lowest BCUT2D eigenvalue weighted by Crippen LogP contribution is -2.20. The van der Waals surface area contributed by atoms with Crippen molar-refractivity contribution in [2.24, 2.45) is 7.05 Å². The number of hydrogen-bond donors (Lipinski definition) is 2. The summed E-state index contributed by atoms with van der Waals surface area (Å²) in [6.45, 7) is 0. The third-order valence-corrected chi connectivity index (χ3v) is 6.60. The summed E-state index contributed by atoms with van der Waals surface area (Å²) >= 11 is 1.48. The first-order valence-corrected chi connectivity index (χ1v) is 10.4. The molecule has 2 N–H and O–H groups in total. The van der Waals surface area contributed by atoms with Gasteiger partial charge in [-0.05, 0) is 12.8 Å². The summed E-state index contributed by atoms with van der Waals surface area (Å²) in [5.41, 5.74) is 1.50. The van der Waals surface area contributed by atoms with Crippen molar-refractivity contribution in [3.05, 3.63) is 33.9 Å². The van der Waals surface area contributed by atoms with Gasteiger partial charge in [0.15, 0.2) is 0 Å². The van der Waals surface area contributed by atoms with Crippen LogP contribution in [0.25, 0.3) is 0 Å². The molecule has 1 atom stereocenters. The second-order valence-corrected chi connectivity index (χ2v) is 8.35. The third kappa shape index (κ3) is 3.34. The third-order valence-electron chi connectivity index (χ3n) is 5.33. The Bertz CT molecular complexity index is 844. The Kier molecular flexibility index (Phi) is 4.93. The number of nitrogens with one attached hydrogen (secondary N) is 2. The monoisotopic (exact) mass is 375 g/mol. The van der Waals surface area contributed by atoms with E-state index in [0.717, 1.165) is 31.2 Å². The normalized spacial score (nSPS) is 22.2. The van der Waals surface area contributed by atoms with Crippen LogP contribution in [0.15, 0.2) is 17.2 Å². The molecule has 26 heavy (non-hydrogen) atoms. The van der Waals surface area contributed by atoms with Gasteiger partial charge in [-0.1, -0.05) is 32.1 Å². The van der Waals surface area contributed by atoms with E-state index in [1.54, 1.807) is 10.9 Å². The minimum atomic E-state index is -0.184. The Morgan fingerprint density at radius 2 is 1.88 bits per heavy atom. The summed E-state index contributed by atoms with van der Waals surface area (Å²) in [4.78, 5) is 25.2. The number of nitrogens with zero attached hydrogens (tertiary/aromatic N) is 3. The van der Waals surface area contributed by atoms with Gasteiger partial charge >= 0.3 is 0 Å². The molecule has 0 radical (unpaired) electrons. The molecule has 2 aliphatic rings. The van der Waals surface area contributed by atoms with Crippen molar-refractivity contribution in [1.82, 2.24) is 19.6 Å². The fourth-order valence-corrected chi connectivity index (χ4v) is 5.14. The van der Waals surface area contributed by atoms with Crippen molar-refractivity contribution in [2.45, 2.75) is 56.2 Å². The van der Waals surface area contributed by atoms with E-state index in [-0.39, 0.29) is 22.8 Å². The molecule has 0 unspecified atom stereocenters. The van der Waals surface area contributed by atoms with Gasteiger partial charge in [-0.25, -0.2) is 0 Å². The number of rotatable bonds is 2. The van der Waals surface area contributed by atoms with Crippen LogP contribution in [-0.4, -0.2) is 31.2 Å². The molecular weight excluding hydrogens is 350 g/mol. The molecule has 8 heteroatoms. The van der Waals surface area contributed by atoms with Crippen molar-refractivity contribution in [3.8, 4) is 0 Å². The number of aromatic amines is 1. The molecule has 140 valence electrons. The summed E-state index contributed by atoms with van der Waals surface area (Å²) in [6.07, 6.45) is 11.9. The molecule has 0 aromatic carbocycles. The Hall–Kier alpha value is -1.96. The van der Waals surface area contributed by atoms with Gasteiger partial charge in [0.25, 0.3) is 5.56 Å². The standard InChI is InChI=1S/C18H25N5O2S/c1-22-10-12(9-19-22)16-15-17(20-14(24)11-26-16)23(21-18(15)25)13-7-5-3-2-4-6-8-13/h9-10,13,16H,2-8,11H2,1H3,(H,20,24)(H,21,25)/t16-/m1/s1. The van der Waals surface area contributed by atoms with Gasteiger partial charge in [-0.3, -0.25) is 24.1 Å². The minimum absolute atomic E-state index is 0.0544. The van der Waals surface area contributed by atoms with Crippen molar-refractivity contribution in [3.63, 3.8) is 0 Å². The molecule has 1 amide bonds. The maximum Gasteiger partial charge on any atom is 0.270 e. The summed E-state index contributed by atoms with van der Waals surface area (Å²) in [5.74, 6) is 0.934. The number of aryl methyl sites for hydroxylation is 1. The number of carbonyl (C=O) groups is 1. The minimum Gasteiger partial charge on any atom is -0.310 e. The zero-order valence-corrected chi connectivity index (χ0v) is 15.8. The van der Waals surface area contributed by atoms with Gasteiger partial charge in [0, 0.05) is 18.8 Å². The first-order valence-electron chi connectivity index (χ1n) is 9.38. The molecule has 1 fully saturated rings. The van der Waals surface area contributed by atoms with Crippen LogP contribution in [-0.2, 0) is 11.8 Å². The second kappa shape index (κ2) is 7.34. The molecule has 4 rings (SSSR count). The molecule has 0 saturated heterocycles. The Balaban J connectivity index is 1.77. The van der Waals surface area contributed by atoms with Crippen LogP contribution in [0.5, 0.6) is 0 Å². The average Bonchev–Trinajstić information content (AvgIpc) is 3.07. The first-order chi connectivity index (χ1) is 12.6. The molecule has 1 aliphatic carbocycles. The second-order valence-electron chi connectivity index (χ2n) is 7.26. The number of carbonyl (C=O) groups excluding carboxylic acids is 1. The molecule has 3 heterocycles. The maximum atomic E-state index is 12.9. The van der Waals surface area contributed by atoms with Gasteiger partial charge in [-0.2, -0.15) is 5.10 Å². The molecule has 2 aromatic rings. The number of anilines is 1. The maximum absolute atomic E-state index is 12.9. The Labute approximate surface area is 156 Å². The summed E-state index contributed by atoms with van der Waals surface area (Å²) in [5, 5.41) is 10.1. The van der Waals surface area contributed by atoms with E-state index < -0.39 is 0 Å². The fraction of sp³-hybridized carbons (Fsp3) is 0.611. The van der Waals surface area contributed by atoms with Crippen LogP contribution in [0.3, 0.4) is 0 Å². The number of amides is 1. The van der Waals surface area contributed by atoms with Crippen molar-refractivity contribution < 1.29 is 4.79 Å². The highest BCUT2D eigenvalue weighted by Gasteiger charge is 2.32. The Morgan fingerprint density at radius 3 is 2.58 bits per heavy atom. The highest BCUT2D eigenvalue weighted by Crippen LogP contribution is 2.41. The molecule has 1 aliphatic heterocycles. The molecule has 2 aromatic heterocycles. The molecule has 0 bridgehead atoms. The summed E-state index contributed by atoms with van der Waals surface area (Å²) in [6, 6.07) is 0.240. The van der Waals surface area contributed by atoms with Gasteiger partial charge in [0.1, 0.15) is 5.82 Å². The number of H-pyrrole nitrogens is 1. The van der Waals surface area contributed by atoms with E-state index in [4.69, 9.17) is 0 Å². The van der Waals surface area contributed by atoms with Gasteiger partial charge < -0.3 is 5.32 Å². The molecule has 0 spiro atoms. The van der Waals surface area contributed by atoms with Crippen LogP contribution in [0.4, 0.5) is 5.82 Å². The summed E-state index contributed by atoms with van der Waals surface area (Å²) in [7, 11) is 1.86. The molecular formula is C18H25N5O2S. The zero-order chi connectivity index (χ0) is 18.1. The van der Waals surface area contributed by atoms with E-state index >= 15 is 0 Å². The predicted molar refractivity (Wildman–Crippen MR) is 103 cm³/mol. The topological polar surface area (TPSA) is 84.7 Å². The lowest BCUT2D eigenvalue weighted by atomic mass is 9.97. The van der Waals surface area contributed by atoms with Gasteiger partial charge in [0.05, 0.1) is 28.8 Å². The van der Waals surface area contributed by atoms with Crippen LogP contribution < -0.4 is 10.9 Å². The molecule has 7 nitrogen and oxygen atoms in total. The van der Waals surface area contributed by atoms with Crippen molar-refractivity contribution in [1.29, 1.82) is 0 Å². The van der Waals surface area contributed by atoms with Crippen LogP contribution in [0, 0.1) is 0 Å². The Morgan fingerprint density at radius 1 is 1.15 bits per heavy atom. The fourth-order valence-electron chi connectivity index (χ4n) is 4.05. The highest BCUT2D eigenvalue weighted by molar-refractivity contribution is 8.00. The average molecular weight is 375 g/mol. The van der Waals surface area contributed by atoms with Crippen LogP contribution in [0.2, 0.25) is 0 Å². The highest BCUT2D eigenvalue weighted by atomic mass is 32.2. The van der Waals surface area contributed by atoms with Crippen LogP contribution in [0.1, 0.15) is 67.4 Å². The van der Waals surface area contributed by atoms with Gasteiger partial charge in [0.2, 0.25) is 5.91 Å². The largest absolute Gasteiger partial charge is 0.310 e. The number of thioether (sulfide) groups is 1. The predicted octanol–water partition coefficient (Wildman–Crippen LogP) is 2.97. The van der Waals surface area contributed by atoms with Gasteiger partial charge in [-0.15, -0.1) is 11.8 Å². The summed E-state index contributed by atoms with van der Waals surface area (Å²) < 4.78 is 3.67. The van der Waals surface area contributed by atoms with E-state index in [1.165, 1.54) is 31.0 Å². The van der Waals surface area contributed by atoms with Crippen LogP contribution >= 0.6 is 11.8 Å². The number of fused-ring (bicyclic) bond motifs is 1. The van der Waals surface area contributed by atoms with E-state index in [2.05, 4.69) is 15.5 Å². The van der Waals surface area contributed by atoms with Crippen molar-refractivity contribution in [2.75, 3.05) is 11.1 Å². The quantitative estimate of drug-likeness (QED) is 0.845. The van der Waals surface area contributed by atoms with E-state index in [9.17, 15) is 9.59 Å². The lowest BCUT2D eigenvalue weighted by molar-refractivity contribution is -0.113. The number of aromatic nitrogens is 4. The van der Waals surface area contributed by atoms with E-state index in [0.29, 0.717) is 17.1 Å². The lowest BCUT2D eigenvalue weighted by Gasteiger charge is -2.23. The van der Waals surface area contributed by atoms with E-state index in [1.807, 2.05) is 17.9 Å². The zero-order valence-electron chi connectivity index (χ0n) is 15.0. The SMILES string of the molecule is Cn1cc([C@H]2SCC(=O)Nc3c2c(=O)[nH]n3C2CCCCCCC2)cn1. The number of hydrogen-bond acceptors (Lipinski definition) is 4. The van der Waals surface area contributed by atoms with Crippen molar-refractivity contribution >= 4 is 23.5 Å². The smallest absolute Gasteiger partial charge is 0.270 e. The molecule has 1 saturated carbocycles. The first kappa shape index (κ1) is 17.5.